The predicted molar refractivity (Wildman–Crippen MR) is 89.4 cm³/mol. The van der Waals surface area contributed by atoms with Crippen LogP contribution in [0, 0.1) is 6.92 Å². The lowest BCUT2D eigenvalue weighted by Crippen LogP contribution is -2.11. The number of aromatic nitrogens is 2. The molecule has 110 valence electrons. The first-order valence-electron chi connectivity index (χ1n) is 6.73. The largest absolute Gasteiger partial charge is 0.480 e. The predicted octanol–water partition coefficient (Wildman–Crippen LogP) is 3.63. The van der Waals surface area contributed by atoms with E-state index in [1.54, 1.807) is 13.3 Å². The molecular weight excluding hydrogens is 270 g/mol. The Morgan fingerprint density at radius 1 is 1.20 bits per heavy atom. The second kappa shape index (κ2) is 9.20. The van der Waals surface area contributed by atoms with E-state index in [0.29, 0.717) is 16.4 Å². The average Bonchev–Trinajstić information content (AvgIpc) is 2.49. The molecule has 2 N–H and O–H groups in total. The number of fused-ring (bicyclic) bond motifs is 1. The first-order chi connectivity index (χ1) is 9.61. The zero-order chi connectivity index (χ0) is 15.7. The number of rotatable bonds is 2. The molecule has 0 fully saturated rings. The third-order valence-corrected chi connectivity index (χ3v) is 2.46. The van der Waals surface area contributed by atoms with Crippen LogP contribution in [-0.4, -0.2) is 22.1 Å². The van der Waals surface area contributed by atoms with Crippen LogP contribution in [0.4, 0.5) is 0 Å². The molecule has 2 rings (SSSR count). The molecule has 0 unspecified atom stereocenters. The van der Waals surface area contributed by atoms with E-state index in [-0.39, 0.29) is 0 Å². The van der Waals surface area contributed by atoms with Crippen molar-refractivity contribution in [3.8, 4) is 5.88 Å². The zero-order valence-corrected chi connectivity index (χ0v) is 13.8. The summed E-state index contributed by atoms with van der Waals surface area (Å²) in [6.45, 7) is 9.96. The van der Waals surface area contributed by atoms with E-state index < -0.39 is 0 Å². The Kier molecular flexibility index (Phi) is 8.40. The number of hydrogen-bond acceptors (Lipinski definition) is 4. The van der Waals surface area contributed by atoms with Gasteiger partial charge in [0.25, 0.3) is 0 Å². The lowest BCUT2D eigenvalue weighted by Gasteiger charge is -2.06. The van der Waals surface area contributed by atoms with Gasteiger partial charge in [-0.2, -0.15) is 0 Å². The summed E-state index contributed by atoms with van der Waals surface area (Å²) < 4.78 is 5.02. The lowest BCUT2D eigenvalue weighted by molar-refractivity contribution is 0.397. The smallest absolute Gasteiger partial charge is 0.232 e. The molecule has 1 aromatic heterocycles. The van der Waals surface area contributed by atoms with Crippen LogP contribution >= 0.6 is 12.2 Å². The minimum Gasteiger partial charge on any atom is -0.480 e. The highest BCUT2D eigenvalue weighted by molar-refractivity contribution is 7.80. The fraction of sp³-hybridized carbons (Fsp3) is 0.400. The first kappa shape index (κ1) is 18.2. The van der Waals surface area contributed by atoms with Crippen molar-refractivity contribution in [3.05, 3.63) is 29.5 Å². The molecule has 5 heteroatoms. The number of nitrogens with two attached hydrogens (primary N) is 1. The topological polar surface area (TPSA) is 61.0 Å². The molecule has 4 nitrogen and oxygen atoms in total. The summed E-state index contributed by atoms with van der Waals surface area (Å²) in [4.78, 5) is 8.88. The van der Waals surface area contributed by atoms with Crippen molar-refractivity contribution in [2.24, 2.45) is 5.73 Å². The van der Waals surface area contributed by atoms with E-state index in [4.69, 9.17) is 22.7 Å². The van der Waals surface area contributed by atoms with E-state index in [1.807, 2.05) is 46.8 Å². The number of thiocarbonyl (C=S) groups is 1. The van der Waals surface area contributed by atoms with Crippen molar-refractivity contribution in [3.63, 3.8) is 0 Å². The third-order valence-electron chi connectivity index (χ3n) is 2.24. The molecule has 0 aliphatic carbocycles. The molecule has 0 radical (unpaired) electrons. The van der Waals surface area contributed by atoms with Crippen LogP contribution in [0.15, 0.2) is 18.3 Å². The van der Waals surface area contributed by atoms with Crippen LogP contribution < -0.4 is 10.5 Å². The van der Waals surface area contributed by atoms with Crippen LogP contribution in [0.5, 0.6) is 5.88 Å². The second-order valence-corrected chi connectivity index (χ2v) is 3.90. The number of methoxy groups -OCH3 is 1. The van der Waals surface area contributed by atoms with Crippen molar-refractivity contribution in [1.82, 2.24) is 9.97 Å². The van der Waals surface area contributed by atoms with Gasteiger partial charge in [0.1, 0.15) is 4.99 Å². The zero-order valence-electron chi connectivity index (χ0n) is 13.0. The highest BCUT2D eigenvalue weighted by atomic mass is 32.1. The Hall–Kier alpha value is -1.75. The fourth-order valence-corrected chi connectivity index (χ4v) is 1.69. The Morgan fingerprint density at radius 3 is 2.30 bits per heavy atom. The molecule has 1 aromatic carbocycles. The number of nitrogens with zero attached hydrogens (tertiary/aromatic N) is 2. The van der Waals surface area contributed by atoms with Gasteiger partial charge in [-0.05, 0) is 24.6 Å². The normalized spacial score (nSPS) is 8.90. The minimum atomic E-state index is 0.327. The summed E-state index contributed by atoms with van der Waals surface area (Å²) in [6.07, 6.45) is 1.56. The Labute approximate surface area is 126 Å². The number of benzene rings is 1. The summed E-state index contributed by atoms with van der Waals surface area (Å²) in [6, 6.07) is 3.83. The summed E-state index contributed by atoms with van der Waals surface area (Å²) in [5, 5.41) is 0. The van der Waals surface area contributed by atoms with Crippen LogP contribution in [0.1, 0.15) is 38.8 Å². The van der Waals surface area contributed by atoms with E-state index in [0.717, 1.165) is 16.6 Å². The van der Waals surface area contributed by atoms with Crippen LogP contribution in [0.3, 0.4) is 0 Å². The molecule has 0 saturated carbocycles. The molecular formula is C15H23N3OS. The van der Waals surface area contributed by atoms with Crippen molar-refractivity contribution in [1.29, 1.82) is 0 Å². The molecule has 0 aliphatic rings. The molecule has 20 heavy (non-hydrogen) atoms. The average molecular weight is 293 g/mol. The Bertz CT molecular complexity index is 570. The number of ether oxygens (including phenoxy) is 1. The van der Waals surface area contributed by atoms with Gasteiger partial charge in [-0.15, -0.1) is 0 Å². The Balaban J connectivity index is 0.000000829. The van der Waals surface area contributed by atoms with Crippen molar-refractivity contribution in [2.75, 3.05) is 7.11 Å². The van der Waals surface area contributed by atoms with Crippen molar-refractivity contribution >= 4 is 28.2 Å². The minimum absolute atomic E-state index is 0.327. The monoisotopic (exact) mass is 293 g/mol. The third kappa shape index (κ3) is 4.42. The lowest BCUT2D eigenvalue weighted by atomic mass is 10.1. The molecule has 2 aromatic rings. The van der Waals surface area contributed by atoms with Gasteiger partial charge in [0, 0.05) is 5.56 Å². The van der Waals surface area contributed by atoms with Crippen LogP contribution in [0.2, 0.25) is 0 Å². The highest BCUT2D eigenvalue weighted by Crippen LogP contribution is 2.19. The fourth-order valence-electron chi connectivity index (χ4n) is 1.53. The summed E-state index contributed by atoms with van der Waals surface area (Å²) >= 11 is 4.99. The molecule has 0 bridgehead atoms. The first-order valence-corrected chi connectivity index (χ1v) is 7.14. The summed E-state index contributed by atoms with van der Waals surface area (Å²) in [5.41, 5.74) is 8.89. The van der Waals surface area contributed by atoms with Gasteiger partial charge in [0.2, 0.25) is 5.88 Å². The van der Waals surface area contributed by atoms with Crippen molar-refractivity contribution in [2.45, 2.75) is 34.6 Å². The van der Waals surface area contributed by atoms with Gasteiger partial charge in [-0.25, -0.2) is 9.97 Å². The summed E-state index contributed by atoms with van der Waals surface area (Å²) in [7, 11) is 1.56. The van der Waals surface area contributed by atoms with Crippen LogP contribution in [-0.2, 0) is 0 Å². The van der Waals surface area contributed by atoms with E-state index in [2.05, 4.69) is 9.97 Å². The molecule has 1 heterocycles. The Morgan fingerprint density at radius 2 is 1.80 bits per heavy atom. The number of hydrogen-bond donors (Lipinski definition) is 1. The molecule has 0 atom stereocenters. The molecule has 0 aliphatic heterocycles. The maximum atomic E-state index is 5.65. The highest BCUT2D eigenvalue weighted by Gasteiger charge is 2.08. The SMILES string of the molecule is CC.CC.COc1cnc2c(C(N)=S)cc(C)cc2n1. The van der Waals surface area contributed by atoms with E-state index in [9.17, 15) is 0 Å². The van der Waals surface area contributed by atoms with Gasteiger partial charge >= 0.3 is 0 Å². The summed E-state index contributed by atoms with van der Waals surface area (Å²) in [5.74, 6) is 0.479. The molecule has 0 spiro atoms. The molecule has 0 saturated heterocycles. The number of aryl methyl sites for hydroxylation is 1. The maximum absolute atomic E-state index is 5.65. The molecule has 0 amide bonds. The van der Waals surface area contributed by atoms with Crippen LogP contribution in [0.25, 0.3) is 11.0 Å². The standard InChI is InChI=1S/C11H11N3OS.2C2H6/c1-6-3-7(11(12)16)10-8(4-6)14-9(15-2)5-13-10;2*1-2/h3-5H,1-2H3,(H2,12,16);2*1-2H3. The van der Waals surface area contributed by atoms with E-state index in [1.165, 1.54) is 0 Å². The van der Waals surface area contributed by atoms with Gasteiger partial charge in [-0.1, -0.05) is 39.9 Å². The quantitative estimate of drug-likeness (QED) is 0.857. The second-order valence-electron chi connectivity index (χ2n) is 3.46. The maximum Gasteiger partial charge on any atom is 0.232 e. The van der Waals surface area contributed by atoms with Gasteiger partial charge in [0.05, 0.1) is 24.3 Å². The van der Waals surface area contributed by atoms with Gasteiger partial charge < -0.3 is 10.5 Å². The van der Waals surface area contributed by atoms with E-state index >= 15 is 0 Å². The van der Waals surface area contributed by atoms with Gasteiger partial charge in [-0.3, -0.25) is 0 Å². The van der Waals surface area contributed by atoms with Gasteiger partial charge in [0.15, 0.2) is 0 Å². The van der Waals surface area contributed by atoms with Crippen molar-refractivity contribution < 1.29 is 4.74 Å².